The molecule has 2 nitrogen and oxygen atoms in total. The quantitative estimate of drug-likeness (QED) is 0.666. The zero-order valence-electron chi connectivity index (χ0n) is 9.54. The highest BCUT2D eigenvalue weighted by atomic mass is 19.1. The first-order chi connectivity index (χ1) is 7.72. The molecular weight excluding hydrogens is 207 g/mol. The molecule has 0 saturated carbocycles. The van der Waals surface area contributed by atoms with Crippen LogP contribution in [-0.4, -0.2) is 19.0 Å². The third kappa shape index (κ3) is 5.03. The van der Waals surface area contributed by atoms with E-state index in [-0.39, 0.29) is 11.6 Å². The van der Waals surface area contributed by atoms with Crippen LogP contribution in [0.15, 0.2) is 24.3 Å². The van der Waals surface area contributed by atoms with E-state index in [1.54, 1.807) is 12.1 Å². The lowest BCUT2D eigenvalue weighted by Gasteiger charge is -2.02. The molecule has 0 unspecified atom stereocenters. The number of ketones is 1. The number of carbonyl (C=O) groups excluding carboxylic acids is 1. The van der Waals surface area contributed by atoms with E-state index in [0.717, 1.165) is 12.0 Å². The second kappa shape index (κ2) is 7.12. The second-order valence-electron chi connectivity index (χ2n) is 3.64. The standard InChI is InChI=1S/C13H17FO2/c1-2-16-9-3-4-13(15)10-11-5-7-12(14)8-6-11/h5-8H,2-4,9-10H2,1H3. The normalized spacial score (nSPS) is 10.4. The fourth-order valence-corrected chi connectivity index (χ4v) is 1.43. The minimum atomic E-state index is -0.271. The summed E-state index contributed by atoms with van der Waals surface area (Å²) in [6.45, 7) is 3.25. The Balaban J connectivity index is 2.26. The van der Waals surface area contributed by atoms with Crippen molar-refractivity contribution in [2.45, 2.75) is 26.2 Å². The Bertz CT molecular complexity index is 319. The molecule has 0 aliphatic carbocycles. The third-order valence-electron chi connectivity index (χ3n) is 2.26. The van der Waals surface area contributed by atoms with Crippen LogP contribution in [0.5, 0.6) is 0 Å². The highest BCUT2D eigenvalue weighted by Gasteiger charge is 2.03. The van der Waals surface area contributed by atoms with Gasteiger partial charge in [-0.2, -0.15) is 0 Å². The summed E-state index contributed by atoms with van der Waals surface area (Å²) in [5.41, 5.74) is 0.864. The Labute approximate surface area is 95.4 Å². The lowest BCUT2D eigenvalue weighted by atomic mass is 10.1. The van der Waals surface area contributed by atoms with Crippen LogP contribution in [0.2, 0.25) is 0 Å². The molecule has 0 saturated heterocycles. The number of hydrogen-bond donors (Lipinski definition) is 0. The average molecular weight is 224 g/mol. The number of rotatable bonds is 7. The van der Waals surface area contributed by atoms with Gasteiger partial charge in [-0.1, -0.05) is 12.1 Å². The molecule has 0 spiro atoms. The van der Waals surface area contributed by atoms with Gasteiger partial charge in [-0.15, -0.1) is 0 Å². The van der Waals surface area contributed by atoms with Gasteiger partial charge < -0.3 is 4.74 Å². The monoisotopic (exact) mass is 224 g/mol. The fourth-order valence-electron chi connectivity index (χ4n) is 1.43. The second-order valence-corrected chi connectivity index (χ2v) is 3.64. The Morgan fingerprint density at radius 2 is 2.00 bits per heavy atom. The van der Waals surface area contributed by atoms with Gasteiger partial charge in [0.25, 0.3) is 0 Å². The largest absolute Gasteiger partial charge is 0.382 e. The van der Waals surface area contributed by atoms with Crippen LogP contribution in [0.4, 0.5) is 4.39 Å². The van der Waals surface area contributed by atoms with Crippen molar-refractivity contribution in [1.82, 2.24) is 0 Å². The number of hydrogen-bond acceptors (Lipinski definition) is 2. The highest BCUT2D eigenvalue weighted by Crippen LogP contribution is 2.06. The average Bonchev–Trinajstić information content (AvgIpc) is 2.28. The van der Waals surface area contributed by atoms with E-state index in [4.69, 9.17) is 4.74 Å². The van der Waals surface area contributed by atoms with E-state index in [1.165, 1.54) is 12.1 Å². The zero-order valence-corrected chi connectivity index (χ0v) is 9.54. The van der Waals surface area contributed by atoms with Crippen molar-refractivity contribution < 1.29 is 13.9 Å². The minimum absolute atomic E-state index is 0.173. The van der Waals surface area contributed by atoms with Crippen LogP contribution in [0.3, 0.4) is 0 Å². The van der Waals surface area contributed by atoms with Gasteiger partial charge in [0.1, 0.15) is 11.6 Å². The predicted octanol–water partition coefficient (Wildman–Crippen LogP) is 2.75. The van der Waals surface area contributed by atoms with Crippen molar-refractivity contribution in [3.63, 3.8) is 0 Å². The SMILES string of the molecule is CCOCCCC(=O)Cc1ccc(F)cc1. The van der Waals surface area contributed by atoms with Crippen LogP contribution in [0, 0.1) is 5.82 Å². The van der Waals surface area contributed by atoms with Gasteiger partial charge in [0, 0.05) is 26.1 Å². The molecule has 0 aliphatic rings. The lowest BCUT2D eigenvalue weighted by molar-refractivity contribution is -0.118. The summed E-state index contributed by atoms with van der Waals surface area (Å²) in [6.07, 6.45) is 1.66. The van der Waals surface area contributed by atoms with E-state index in [9.17, 15) is 9.18 Å². The smallest absolute Gasteiger partial charge is 0.137 e. The molecule has 1 rings (SSSR count). The van der Waals surface area contributed by atoms with Crippen molar-refractivity contribution >= 4 is 5.78 Å². The molecule has 1 aromatic rings. The maximum Gasteiger partial charge on any atom is 0.137 e. The molecule has 0 fully saturated rings. The molecular formula is C13H17FO2. The van der Waals surface area contributed by atoms with E-state index < -0.39 is 0 Å². The van der Waals surface area contributed by atoms with Crippen molar-refractivity contribution in [3.8, 4) is 0 Å². The summed E-state index contributed by atoms with van der Waals surface area (Å²) in [5, 5.41) is 0. The van der Waals surface area contributed by atoms with Crippen LogP contribution in [0.1, 0.15) is 25.3 Å². The molecule has 0 bridgehead atoms. The van der Waals surface area contributed by atoms with Crippen LogP contribution >= 0.6 is 0 Å². The number of Topliss-reactive ketones (excluding diaryl/α,β-unsaturated/α-hetero) is 1. The molecule has 1 aromatic carbocycles. The topological polar surface area (TPSA) is 26.3 Å². The first-order valence-corrected chi connectivity index (χ1v) is 5.56. The molecule has 16 heavy (non-hydrogen) atoms. The van der Waals surface area contributed by atoms with Crippen LogP contribution in [0.25, 0.3) is 0 Å². The molecule has 0 heterocycles. The van der Waals surface area contributed by atoms with E-state index >= 15 is 0 Å². The third-order valence-corrected chi connectivity index (χ3v) is 2.26. The summed E-state index contributed by atoms with van der Waals surface area (Å²) in [4.78, 5) is 11.5. The van der Waals surface area contributed by atoms with Crippen molar-refractivity contribution in [2.75, 3.05) is 13.2 Å². The van der Waals surface area contributed by atoms with Gasteiger partial charge in [0.2, 0.25) is 0 Å². The Hall–Kier alpha value is -1.22. The van der Waals surface area contributed by atoms with E-state index in [2.05, 4.69) is 0 Å². The predicted molar refractivity (Wildman–Crippen MR) is 60.8 cm³/mol. The number of ether oxygens (including phenoxy) is 1. The van der Waals surface area contributed by atoms with Gasteiger partial charge >= 0.3 is 0 Å². The fraction of sp³-hybridized carbons (Fsp3) is 0.462. The van der Waals surface area contributed by atoms with Crippen LogP contribution in [-0.2, 0) is 16.0 Å². The summed E-state index contributed by atoms with van der Waals surface area (Å²) < 4.78 is 17.8. The first kappa shape index (κ1) is 12.8. The molecule has 0 N–H and O–H groups in total. The van der Waals surface area contributed by atoms with Crippen molar-refractivity contribution in [3.05, 3.63) is 35.6 Å². The molecule has 0 radical (unpaired) electrons. The molecule has 0 aromatic heterocycles. The summed E-state index contributed by atoms with van der Waals surface area (Å²) >= 11 is 0. The van der Waals surface area contributed by atoms with Crippen molar-refractivity contribution in [2.24, 2.45) is 0 Å². The molecule has 88 valence electrons. The van der Waals surface area contributed by atoms with Crippen molar-refractivity contribution in [1.29, 1.82) is 0 Å². The number of benzene rings is 1. The highest BCUT2D eigenvalue weighted by molar-refractivity contribution is 5.80. The van der Waals surface area contributed by atoms with E-state index in [0.29, 0.717) is 26.1 Å². The Kier molecular flexibility index (Phi) is 5.72. The zero-order chi connectivity index (χ0) is 11.8. The number of halogens is 1. The molecule has 0 atom stereocenters. The first-order valence-electron chi connectivity index (χ1n) is 5.56. The van der Waals surface area contributed by atoms with Gasteiger partial charge in [-0.25, -0.2) is 4.39 Å². The summed E-state index contributed by atoms with van der Waals surface area (Å²) in [6, 6.07) is 6.05. The van der Waals surface area contributed by atoms with Gasteiger partial charge in [-0.3, -0.25) is 4.79 Å². The lowest BCUT2D eigenvalue weighted by Crippen LogP contribution is -2.04. The van der Waals surface area contributed by atoms with Gasteiger partial charge in [-0.05, 0) is 31.0 Å². The molecule has 0 aliphatic heterocycles. The number of carbonyl (C=O) groups is 1. The maximum atomic E-state index is 12.6. The summed E-state index contributed by atoms with van der Waals surface area (Å²) in [7, 11) is 0. The van der Waals surface area contributed by atoms with Gasteiger partial charge in [0.05, 0.1) is 0 Å². The van der Waals surface area contributed by atoms with Crippen LogP contribution < -0.4 is 0 Å². The Morgan fingerprint density at radius 1 is 1.31 bits per heavy atom. The summed E-state index contributed by atoms with van der Waals surface area (Å²) in [5.74, 6) is -0.0983. The maximum absolute atomic E-state index is 12.6. The Morgan fingerprint density at radius 3 is 2.62 bits per heavy atom. The minimum Gasteiger partial charge on any atom is -0.382 e. The molecule has 3 heteroatoms. The van der Waals surface area contributed by atoms with Gasteiger partial charge in [0.15, 0.2) is 0 Å². The van der Waals surface area contributed by atoms with E-state index in [1.807, 2.05) is 6.92 Å². The molecule has 0 amide bonds.